The third kappa shape index (κ3) is 4.08. The number of ether oxygens (including phenoxy) is 1. The normalized spacial score (nSPS) is 20.1. The maximum Gasteiger partial charge on any atom is 0.433 e. The Kier molecular flexibility index (Phi) is 5.47. The molecule has 172 valence electrons. The van der Waals surface area contributed by atoms with Gasteiger partial charge in [0.05, 0.1) is 5.75 Å². The molecule has 8 nitrogen and oxygen atoms in total. The molecule has 1 aromatic heterocycles. The number of anilines is 1. The van der Waals surface area contributed by atoms with Crippen molar-refractivity contribution in [1.29, 1.82) is 0 Å². The quantitative estimate of drug-likeness (QED) is 0.682. The van der Waals surface area contributed by atoms with Gasteiger partial charge in [0.25, 0.3) is 0 Å². The second-order valence-electron chi connectivity index (χ2n) is 7.50. The Hall–Kier alpha value is -2.96. The van der Waals surface area contributed by atoms with Crippen molar-refractivity contribution >= 4 is 21.7 Å². The Balaban J connectivity index is 1.63. The summed E-state index contributed by atoms with van der Waals surface area (Å²) in [4.78, 5) is 21.3. The number of amides is 1. The number of sulfone groups is 1. The number of benzene rings is 1. The van der Waals surface area contributed by atoms with Gasteiger partial charge in [0.1, 0.15) is 11.6 Å². The molecule has 1 amide bonds. The minimum Gasteiger partial charge on any atom is -0.439 e. The monoisotopic (exact) mass is 474 g/mol. The summed E-state index contributed by atoms with van der Waals surface area (Å²) in [6, 6.07) is 5.43. The van der Waals surface area contributed by atoms with Gasteiger partial charge in [0.2, 0.25) is 17.7 Å². The number of carbonyl (C=O) groups is 1. The molecule has 0 saturated carbocycles. The summed E-state index contributed by atoms with van der Waals surface area (Å²) in [6.07, 6.45) is -5.02. The smallest absolute Gasteiger partial charge is 0.433 e. The van der Waals surface area contributed by atoms with E-state index in [1.54, 1.807) is 0 Å². The number of hydrogen-bond acceptors (Lipinski definition) is 7. The highest BCUT2D eigenvalue weighted by Gasteiger charge is 2.54. The van der Waals surface area contributed by atoms with E-state index in [0.717, 1.165) is 12.1 Å². The van der Waals surface area contributed by atoms with Crippen molar-refractivity contribution in [3.05, 3.63) is 41.8 Å². The third-order valence-electron chi connectivity index (χ3n) is 5.52. The molecule has 13 heteroatoms. The van der Waals surface area contributed by atoms with Crippen molar-refractivity contribution in [3.8, 4) is 11.6 Å². The van der Waals surface area contributed by atoms with Crippen LogP contribution in [0.1, 0.15) is 18.5 Å². The summed E-state index contributed by atoms with van der Waals surface area (Å²) in [5.41, 5.74) is -1.27. The first-order valence-corrected chi connectivity index (χ1v) is 11.3. The lowest BCUT2D eigenvalue weighted by Crippen LogP contribution is -2.63. The van der Waals surface area contributed by atoms with E-state index >= 15 is 0 Å². The van der Waals surface area contributed by atoms with Crippen LogP contribution in [0.4, 0.5) is 23.5 Å². The van der Waals surface area contributed by atoms with Crippen molar-refractivity contribution in [1.82, 2.24) is 15.3 Å². The highest BCUT2D eigenvalue weighted by atomic mass is 32.2. The van der Waals surface area contributed by atoms with E-state index in [-0.39, 0.29) is 49.9 Å². The van der Waals surface area contributed by atoms with E-state index in [2.05, 4.69) is 15.3 Å². The SMILES string of the molecule is O=C1NCCS(=O)(=O)C12CCN(c1nc(Oc3cccc(F)c3)cc(C(F)(F)F)n1)CC2. The van der Waals surface area contributed by atoms with E-state index in [9.17, 15) is 30.8 Å². The van der Waals surface area contributed by atoms with E-state index in [1.807, 2.05) is 0 Å². The molecule has 0 bridgehead atoms. The lowest BCUT2D eigenvalue weighted by Gasteiger charge is -2.42. The predicted molar refractivity (Wildman–Crippen MR) is 104 cm³/mol. The molecule has 4 rings (SSSR count). The second-order valence-corrected chi connectivity index (χ2v) is 9.92. The Morgan fingerprint density at radius 1 is 1.12 bits per heavy atom. The van der Waals surface area contributed by atoms with E-state index in [4.69, 9.17) is 4.74 Å². The van der Waals surface area contributed by atoms with E-state index < -0.39 is 44.1 Å². The van der Waals surface area contributed by atoms with Crippen molar-refractivity contribution in [2.45, 2.75) is 23.8 Å². The second kappa shape index (κ2) is 7.87. The van der Waals surface area contributed by atoms with Gasteiger partial charge in [-0.25, -0.2) is 17.8 Å². The van der Waals surface area contributed by atoms with Gasteiger partial charge in [0.15, 0.2) is 20.3 Å². The Labute approximate surface area is 180 Å². The zero-order valence-electron chi connectivity index (χ0n) is 16.5. The van der Waals surface area contributed by atoms with Crippen LogP contribution < -0.4 is 15.0 Å². The Bertz CT molecular complexity index is 1150. The molecule has 32 heavy (non-hydrogen) atoms. The maximum absolute atomic E-state index is 13.4. The fourth-order valence-corrected chi connectivity index (χ4v) is 5.73. The average molecular weight is 474 g/mol. The highest BCUT2D eigenvalue weighted by Crippen LogP contribution is 2.37. The Morgan fingerprint density at radius 2 is 1.84 bits per heavy atom. The van der Waals surface area contributed by atoms with Crippen LogP contribution in [0.25, 0.3) is 0 Å². The first kappa shape index (κ1) is 22.2. The molecule has 2 aliphatic heterocycles. The molecule has 1 spiro atoms. The fourth-order valence-electron chi connectivity index (χ4n) is 3.81. The van der Waals surface area contributed by atoms with Gasteiger partial charge in [-0.1, -0.05) is 6.07 Å². The predicted octanol–water partition coefficient (Wildman–Crippen LogP) is 2.31. The number of nitrogens with zero attached hydrogens (tertiary/aromatic N) is 3. The summed E-state index contributed by atoms with van der Waals surface area (Å²) in [5.74, 6) is -2.24. The van der Waals surface area contributed by atoms with Crippen LogP contribution in [-0.2, 0) is 20.8 Å². The van der Waals surface area contributed by atoms with Crippen molar-refractivity contribution in [3.63, 3.8) is 0 Å². The van der Waals surface area contributed by atoms with Gasteiger partial charge < -0.3 is 15.0 Å². The molecule has 2 fully saturated rings. The van der Waals surface area contributed by atoms with Crippen LogP contribution in [0, 0.1) is 5.82 Å². The summed E-state index contributed by atoms with van der Waals surface area (Å²) >= 11 is 0. The van der Waals surface area contributed by atoms with Gasteiger partial charge in [-0.15, -0.1) is 0 Å². The van der Waals surface area contributed by atoms with Gasteiger partial charge in [-0.2, -0.15) is 18.2 Å². The molecule has 2 aromatic rings. The molecule has 1 N–H and O–H groups in total. The number of aromatic nitrogens is 2. The first-order valence-electron chi connectivity index (χ1n) is 9.65. The first-order chi connectivity index (χ1) is 15.0. The topological polar surface area (TPSA) is 101 Å². The van der Waals surface area contributed by atoms with Gasteiger partial charge in [0, 0.05) is 31.8 Å². The number of piperidine rings is 1. The van der Waals surface area contributed by atoms with Crippen LogP contribution in [-0.4, -0.2) is 54.4 Å². The number of halogens is 4. The number of alkyl halides is 3. The number of carbonyl (C=O) groups excluding carboxylic acids is 1. The largest absolute Gasteiger partial charge is 0.439 e. The summed E-state index contributed by atoms with van der Waals surface area (Å²) in [6.45, 7) is -0.0646. The molecule has 0 atom stereocenters. The molecular formula is C19H18F4N4O4S. The van der Waals surface area contributed by atoms with Gasteiger partial charge >= 0.3 is 6.18 Å². The van der Waals surface area contributed by atoms with Crippen LogP contribution >= 0.6 is 0 Å². The minimum absolute atomic E-state index is 0.0319. The lowest BCUT2D eigenvalue weighted by atomic mass is 9.94. The van der Waals surface area contributed by atoms with Crippen LogP contribution in [0.15, 0.2) is 30.3 Å². The zero-order valence-corrected chi connectivity index (χ0v) is 17.3. The van der Waals surface area contributed by atoms with E-state index in [1.165, 1.54) is 17.0 Å². The molecule has 2 saturated heterocycles. The third-order valence-corrected chi connectivity index (χ3v) is 8.05. The number of nitrogens with one attached hydrogen (secondary N) is 1. The van der Waals surface area contributed by atoms with Gasteiger partial charge in [-0.05, 0) is 25.0 Å². The van der Waals surface area contributed by atoms with Crippen molar-refractivity contribution in [2.24, 2.45) is 0 Å². The van der Waals surface area contributed by atoms with Crippen molar-refractivity contribution < 1.29 is 35.5 Å². The molecule has 0 unspecified atom stereocenters. The molecular weight excluding hydrogens is 456 g/mol. The lowest BCUT2D eigenvalue weighted by molar-refractivity contribution is -0.141. The fraction of sp³-hybridized carbons (Fsp3) is 0.421. The summed E-state index contributed by atoms with van der Waals surface area (Å²) in [7, 11) is -3.71. The summed E-state index contributed by atoms with van der Waals surface area (Å²) in [5, 5.41) is 2.56. The molecule has 3 heterocycles. The van der Waals surface area contributed by atoms with Gasteiger partial charge in [-0.3, -0.25) is 4.79 Å². The molecule has 0 radical (unpaired) electrons. The molecule has 0 aliphatic carbocycles. The number of rotatable bonds is 3. The van der Waals surface area contributed by atoms with Crippen LogP contribution in [0.2, 0.25) is 0 Å². The zero-order chi connectivity index (χ0) is 23.1. The average Bonchev–Trinajstić information content (AvgIpc) is 2.72. The molecule has 2 aliphatic rings. The van der Waals surface area contributed by atoms with Crippen LogP contribution in [0.3, 0.4) is 0 Å². The van der Waals surface area contributed by atoms with Crippen molar-refractivity contribution in [2.75, 3.05) is 30.3 Å². The Morgan fingerprint density at radius 3 is 2.47 bits per heavy atom. The minimum atomic E-state index is -4.80. The van der Waals surface area contributed by atoms with E-state index in [0.29, 0.717) is 6.07 Å². The standard InChI is InChI=1S/C19H18F4N4O4S/c20-12-2-1-3-13(10-12)31-15-11-14(19(21,22)23)25-17(26-15)27-7-4-18(5-8-27)16(28)24-6-9-32(18,29)30/h1-3,10-11H,4-9H2,(H,24,28). The molecule has 1 aromatic carbocycles. The maximum atomic E-state index is 13.4. The summed E-state index contributed by atoms with van der Waals surface area (Å²) < 4.78 is 82.4. The van der Waals surface area contributed by atoms with Crippen LogP contribution in [0.5, 0.6) is 11.6 Å². The number of hydrogen-bond donors (Lipinski definition) is 1. The highest BCUT2D eigenvalue weighted by molar-refractivity contribution is 7.93.